The number of anilines is 1. The maximum Gasteiger partial charge on any atom is 0.307 e. The molecule has 1 atom stereocenters. The first-order chi connectivity index (χ1) is 11.7. The summed E-state index contributed by atoms with van der Waals surface area (Å²) >= 11 is 0. The lowest BCUT2D eigenvalue weighted by Crippen LogP contribution is -2.39. The van der Waals surface area contributed by atoms with Gasteiger partial charge in [0.1, 0.15) is 5.60 Å². The SMILES string of the molecule is O=C1CC(C(=O)Nc2cccc(-n3cccn3)c2)C2(CCCC2)O1. The molecular weight excluding hydrogens is 306 g/mol. The monoisotopic (exact) mass is 325 g/mol. The number of rotatable bonds is 3. The standard InChI is InChI=1S/C18H19N3O3/c22-16-12-15(18(24-16)7-1-2-8-18)17(23)20-13-5-3-6-14(11-13)21-10-4-9-19-21/h3-6,9-11,15H,1-2,7-8,12H2,(H,20,23). The van der Waals surface area contributed by atoms with Crippen molar-refractivity contribution in [3.05, 3.63) is 42.7 Å². The Bertz CT molecular complexity index is 764. The first kappa shape index (κ1) is 14.9. The largest absolute Gasteiger partial charge is 0.458 e. The Balaban J connectivity index is 1.54. The zero-order chi connectivity index (χ0) is 16.6. The van der Waals surface area contributed by atoms with Gasteiger partial charge in [-0.3, -0.25) is 9.59 Å². The van der Waals surface area contributed by atoms with Gasteiger partial charge in [0.25, 0.3) is 0 Å². The molecule has 0 bridgehead atoms. The fourth-order valence-corrected chi connectivity index (χ4v) is 3.82. The highest BCUT2D eigenvalue weighted by molar-refractivity contribution is 5.97. The van der Waals surface area contributed by atoms with Crippen LogP contribution in [0.5, 0.6) is 0 Å². The molecule has 1 aromatic heterocycles. The summed E-state index contributed by atoms with van der Waals surface area (Å²) in [6, 6.07) is 9.34. The van der Waals surface area contributed by atoms with Crippen LogP contribution in [0.1, 0.15) is 32.1 Å². The molecule has 1 saturated heterocycles. The van der Waals surface area contributed by atoms with E-state index >= 15 is 0 Å². The second-order valence-corrected chi connectivity index (χ2v) is 6.49. The highest BCUT2D eigenvalue weighted by atomic mass is 16.6. The molecule has 1 amide bonds. The zero-order valence-corrected chi connectivity index (χ0v) is 13.3. The highest BCUT2D eigenvalue weighted by Gasteiger charge is 2.53. The van der Waals surface area contributed by atoms with E-state index in [-0.39, 0.29) is 18.3 Å². The van der Waals surface area contributed by atoms with Gasteiger partial charge in [-0.05, 0) is 49.9 Å². The highest BCUT2D eigenvalue weighted by Crippen LogP contribution is 2.45. The molecular formula is C18H19N3O3. The van der Waals surface area contributed by atoms with Gasteiger partial charge in [-0.25, -0.2) is 4.68 Å². The third kappa shape index (κ3) is 2.58. The molecule has 1 aromatic carbocycles. The molecule has 0 radical (unpaired) electrons. The van der Waals surface area contributed by atoms with Crippen molar-refractivity contribution in [2.45, 2.75) is 37.7 Å². The number of carbonyl (C=O) groups excluding carboxylic acids is 2. The molecule has 2 aromatic rings. The molecule has 4 rings (SSSR count). The normalized spacial score (nSPS) is 21.8. The first-order valence-corrected chi connectivity index (χ1v) is 8.29. The summed E-state index contributed by atoms with van der Waals surface area (Å²) in [6.07, 6.45) is 7.30. The molecule has 2 heterocycles. The lowest BCUT2D eigenvalue weighted by Gasteiger charge is -2.27. The Hall–Kier alpha value is -2.63. The van der Waals surface area contributed by atoms with Crippen LogP contribution in [-0.4, -0.2) is 27.3 Å². The summed E-state index contributed by atoms with van der Waals surface area (Å²) in [5, 5.41) is 7.14. The Morgan fingerprint density at radius 2 is 2.12 bits per heavy atom. The van der Waals surface area contributed by atoms with Gasteiger partial charge in [0.05, 0.1) is 18.0 Å². The molecule has 1 saturated carbocycles. The van der Waals surface area contributed by atoms with E-state index < -0.39 is 11.5 Å². The van der Waals surface area contributed by atoms with Crippen LogP contribution in [0.3, 0.4) is 0 Å². The molecule has 1 N–H and O–H groups in total. The lowest BCUT2D eigenvalue weighted by atomic mass is 9.85. The number of hydrogen-bond acceptors (Lipinski definition) is 4. The predicted molar refractivity (Wildman–Crippen MR) is 87.6 cm³/mol. The van der Waals surface area contributed by atoms with Gasteiger partial charge in [0.15, 0.2) is 0 Å². The number of carbonyl (C=O) groups is 2. The Labute approximate surface area is 139 Å². The molecule has 124 valence electrons. The molecule has 1 unspecified atom stereocenters. The van der Waals surface area contributed by atoms with Crippen LogP contribution in [0.2, 0.25) is 0 Å². The van der Waals surface area contributed by atoms with E-state index in [1.807, 2.05) is 36.5 Å². The van der Waals surface area contributed by atoms with Crippen LogP contribution in [0.25, 0.3) is 5.69 Å². The number of esters is 1. The minimum absolute atomic E-state index is 0.139. The number of ether oxygens (including phenoxy) is 1. The number of nitrogens with zero attached hydrogens (tertiary/aromatic N) is 2. The lowest BCUT2D eigenvalue weighted by molar-refractivity contribution is -0.149. The minimum Gasteiger partial charge on any atom is -0.458 e. The van der Waals surface area contributed by atoms with Crippen LogP contribution in [0.4, 0.5) is 5.69 Å². The van der Waals surface area contributed by atoms with Crippen molar-refractivity contribution < 1.29 is 14.3 Å². The quantitative estimate of drug-likeness (QED) is 0.881. The van der Waals surface area contributed by atoms with Gasteiger partial charge in [0, 0.05) is 18.1 Å². The molecule has 24 heavy (non-hydrogen) atoms. The number of aromatic nitrogens is 2. The van der Waals surface area contributed by atoms with Crippen LogP contribution in [0, 0.1) is 5.92 Å². The second-order valence-electron chi connectivity index (χ2n) is 6.49. The van der Waals surface area contributed by atoms with Crippen molar-refractivity contribution in [3.63, 3.8) is 0 Å². The molecule has 6 nitrogen and oxygen atoms in total. The number of amides is 1. The van der Waals surface area contributed by atoms with E-state index in [1.54, 1.807) is 10.9 Å². The molecule has 1 aliphatic carbocycles. The third-order valence-corrected chi connectivity index (χ3v) is 4.97. The van der Waals surface area contributed by atoms with Crippen molar-refractivity contribution >= 4 is 17.6 Å². The molecule has 2 aliphatic rings. The Morgan fingerprint density at radius 1 is 1.29 bits per heavy atom. The second kappa shape index (κ2) is 5.78. The van der Waals surface area contributed by atoms with Crippen molar-refractivity contribution in [2.24, 2.45) is 5.92 Å². The number of hydrogen-bond donors (Lipinski definition) is 1. The van der Waals surface area contributed by atoms with E-state index in [2.05, 4.69) is 10.4 Å². The Kier molecular flexibility index (Phi) is 3.59. The van der Waals surface area contributed by atoms with E-state index in [9.17, 15) is 9.59 Å². The van der Waals surface area contributed by atoms with E-state index in [1.165, 1.54) is 0 Å². The van der Waals surface area contributed by atoms with Gasteiger partial charge < -0.3 is 10.1 Å². The minimum atomic E-state index is -0.583. The summed E-state index contributed by atoms with van der Waals surface area (Å²) in [5.74, 6) is -0.802. The maximum atomic E-state index is 12.8. The van der Waals surface area contributed by atoms with Crippen molar-refractivity contribution in [1.29, 1.82) is 0 Å². The fraction of sp³-hybridized carbons (Fsp3) is 0.389. The summed E-state index contributed by atoms with van der Waals surface area (Å²) in [7, 11) is 0. The van der Waals surface area contributed by atoms with Crippen molar-refractivity contribution in [2.75, 3.05) is 5.32 Å². The van der Waals surface area contributed by atoms with Gasteiger partial charge >= 0.3 is 5.97 Å². The van der Waals surface area contributed by atoms with Crippen molar-refractivity contribution in [1.82, 2.24) is 9.78 Å². The smallest absolute Gasteiger partial charge is 0.307 e. The maximum absolute atomic E-state index is 12.8. The summed E-state index contributed by atoms with van der Waals surface area (Å²) < 4.78 is 7.28. The summed E-state index contributed by atoms with van der Waals surface area (Å²) in [5.41, 5.74) is 0.980. The predicted octanol–water partition coefficient (Wildman–Crippen LogP) is 2.69. The van der Waals surface area contributed by atoms with Crippen LogP contribution in [0.15, 0.2) is 42.7 Å². The third-order valence-electron chi connectivity index (χ3n) is 4.97. The average molecular weight is 325 g/mol. The van der Waals surface area contributed by atoms with Crippen LogP contribution < -0.4 is 5.32 Å². The number of benzene rings is 1. The number of nitrogens with one attached hydrogen (secondary N) is 1. The molecule has 2 fully saturated rings. The summed E-state index contributed by atoms with van der Waals surface area (Å²) in [4.78, 5) is 24.5. The topological polar surface area (TPSA) is 73.2 Å². The Morgan fingerprint density at radius 3 is 2.88 bits per heavy atom. The van der Waals surface area contributed by atoms with E-state index in [0.29, 0.717) is 5.69 Å². The van der Waals surface area contributed by atoms with Crippen LogP contribution >= 0.6 is 0 Å². The van der Waals surface area contributed by atoms with Gasteiger partial charge in [-0.15, -0.1) is 0 Å². The van der Waals surface area contributed by atoms with E-state index in [4.69, 9.17) is 4.74 Å². The molecule has 6 heteroatoms. The first-order valence-electron chi connectivity index (χ1n) is 8.29. The van der Waals surface area contributed by atoms with E-state index in [0.717, 1.165) is 31.4 Å². The summed E-state index contributed by atoms with van der Waals surface area (Å²) in [6.45, 7) is 0. The van der Waals surface area contributed by atoms with Crippen molar-refractivity contribution in [3.8, 4) is 5.69 Å². The zero-order valence-electron chi connectivity index (χ0n) is 13.3. The van der Waals surface area contributed by atoms with Crippen LogP contribution in [-0.2, 0) is 14.3 Å². The fourth-order valence-electron chi connectivity index (χ4n) is 3.82. The van der Waals surface area contributed by atoms with Gasteiger partial charge in [-0.2, -0.15) is 5.10 Å². The van der Waals surface area contributed by atoms with Gasteiger partial charge in [0.2, 0.25) is 5.91 Å². The van der Waals surface area contributed by atoms with Gasteiger partial charge in [-0.1, -0.05) is 6.07 Å². The molecule has 1 aliphatic heterocycles. The molecule has 1 spiro atoms. The average Bonchev–Trinajstić information content (AvgIpc) is 3.30.